The van der Waals surface area contributed by atoms with Crippen molar-refractivity contribution < 1.29 is 19.7 Å². The molecule has 0 aromatic heterocycles. The minimum atomic E-state index is -1.23. The van der Waals surface area contributed by atoms with Crippen LogP contribution >= 0.6 is 0 Å². The SMILES string of the molecule is CCOC(=O)CC(O)C(O)c1cccc2c(N)cccc12. The fourth-order valence-electron chi connectivity index (χ4n) is 2.33. The number of aliphatic hydroxyl groups is 2. The first-order chi connectivity index (χ1) is 10.0. The van der Waals surface area contributed by atoms with Crippen molar-refractivity contribution in [3.8, 4) is 0 Å². The number of esters is 1. The van der Waals surface area contributed by atoms with E-state index in [0.717, 1.165) is 10.8 Å². The van der Waals surface area contributed by atoms with Gasteiger partial charge in [-0.2, -0.15) is 0 Å². The van der Waals surface area contributed by atoms with Gasteiger partial charge in [0.1, 0.15) is 6.10 Å². The van der Waals surface area contributed by atoms with E-state index in [9.17, 15) is 15.0 Å². The van der Waals surface area contributed by atoms with Gasteiger partial charge in [0.05, 0.1) is 19.1 Å². The smallest absolute Gasteiger partial charge is 0.308 e. The van der Waals surface area contributed by atoms with E-state index in [0.29, 0.717) is 11.3 Å². The molecular formula is C16H19NO4. The van der Waals surface area contributed by atoms with Gasteiger partial charge in [-0.05, 0) is 23.9 Å². The molecule has 2 rings (SSSR count). The third kappa shape index (κ3) is 3.32. The lowest BCUT2D eigenvalue weighted by Crippen LogP contribution is -2.23. The van der Waals surface area contributed by atoms with E-state index in [1.807, 2.05) is 12.1 Å². The van der Waals surface area contributed by atoms with Crippen molar-refractivity contribution in [2.24, 2.45) is 0 Å². The first-order valence-electron chi connectivity index (χ1n) is 6.83. The van der Waals surface area contributed by atoms with Gasteiger partial charge < -0.3 is 20.7 Å². The molecule has 0 fully saturated rings. The lowest BCUT2D eigenvalue weighted by atomic mass is 9.95. The molecule has 0 bridgehead atoms. The molecule has 2 unspecified atom stereocenters. The van der Waals surface area contributed by atoms with Gasteiger partial charge in [-0.1, -0.05) is 30.3 Å². The van der Waals surface area contributed by atoms with Gasteiger partial charge in [0, 0.05) is 11.1 Å². The van der Waals surface area contributed by atoms with E-state index < -0.39 is 18.2 Å². The van der Waals surface area contributed by atoms with E-state index in [2.05, 4.69) is 0 Å². The highest BCUT2D eigenvalue weighted by Gasteiger charge is 2.23. The standard InChI is InChI=1S/C16H19NO4/c1-2-21-15(19)9-14(18)16(20)12-7-3-6-11-10(12)5-4-8-13(11)17/h3-8,14,16,18,20H,2,9,17H2,1H3. The third-order valence-corrected chi connectivity index (χ3v) is 3.35. The predicted octanol–water partition coefficient (Wildman–Crippen LogP) is 1.77. The number of carbonyl (C=O) groups excluding carboxylic acids is 1. The van der Waals surface area contributed by atoms with Crippen LogP contribution in [0.4, 0.5) is 5.69 Å². The van der Waals surface area contributed by atoms with Crippen molar-refractivity contribution in [1.82, 2.24) is 0 Å². The van der Waals surface area contributed by atoms with Crippen molar-refractivity contribution in [3.63, 3.8) is 0 Å². The second kappa shape index (κ2) is 6.56. The van der Waals surface area contributed by atoms with Gasteiger partial charge in [-0.15, -0.1) is 0 Å². The Kier molecular flexibility index (Phi) is 4.77. The van der Waals surface area contributed by atoms with Crippen LogP contribution in [0.25, 0.3) is 10.8 Å². The van der Waals surface area contributed by atoms with Crippen LogP contribution in [0, 0.1) is 0 Å². The summed E-state index contributed by atoms with van der Waals surface area (Å²) in [5.41, 5.74) is 7.04. The molecule has 0 amide bonds. The Morgan fingerprint density at radius 3 is 2.57 bits per heavy atom. The van der Waals surface area contributed by atoms with Crippen LogP contribution in [0.15, 0.2) is 36.4 Å². The average Bonchev–Trinajstić information content (AvgIpc) is 2.46. The largest absolute Gasteiger partial charge is 0.466 e. The number of ether oxygens (including phenoxy) is 1. The monoisotopic (exact) mass is 289 g/mol. The molecule has 0 heterocycles. The third-order valence-electron chi connectivity index (χ3n) is 3.35. The molecule has 21 heavy (non-hydrogen) atoms. The molecule has 0 saturated heterocycles. The van der Waals surface area contributed by atoms with Crippen LogP contribution in [0.2, 0.25) is 0 Å². The number of benzene rings is 2. The van der Waals surface area contributed by atoms with Crippen molar-refractivity contribution in [2.75, 3.05) is 12.3 Å². The molecule has 2 aromatic rings. The van der Waals surface area contributed by atoms with Gasteiger partial charge in [-0.25, -0.2) is 0 Å². The average molecular weight is 289 g/mol. The molecule has 0 radical (unpaired) electrons. The highest BCUT2D eigenvalue weighted by atomic mass is 16.5. The Morgan fingerprint density at radius 2 is 1.86 bits per heavy atom. The van der Waals surface area contributed by atoms with Gasteiger partial charge in [-0.3, -0.25) is 4.79 Å². The maximum Gasteiger partial charge on any atom is 0.308 e. The molecule has 0 aliphatic heterocycles. The Bertz CT molecular complexity index is 641. The Morgan fingerprint density at radius 1 is 1.19 bits per heavy atom. The summed E-state index contributed by atoms with van der Waals surface area (Å²) in [6.07, 6.45) is -2.66. The highest BCUT2D eigenvalue weighted by molar-refractivity contribution is 5.95. The van der Waals surface area contributed by atoms with Gasteiger partial charge in [0.2, 0.25) is 0 Å². The summed E-state index contributed by atoms with van der Waals surface area (Å²) in [6, 6.07) is 10.7. The number of fused-ring (bicyclic) bond motifs is 1. The van der Waals surface area contributed by atoms with Crippen LogP contribution in [-0.4, -0.2) is 28.9 Å². The van der Waals surface area contributed by atoms with Crippen molar-refractivity contribution >= 4 is 22.4 Å². The number of anilines is 1. The second-order valence-electron chi connectivity index (χ2n) is 4.81. The minimum absolute atomic E-state index is 0.243. The maximum absolute atomic E-state index is 11.4. The van der Waals surface area contributed by atoms with Crippen LogP contribution in [0.5, 0.6) is 0 Å². The Labute approximate surface area is 123 Å². The predicted molar refractivity (Wildman–Crippen MR) is 80.6 cm³/mol. The number of nitrogen functional groups attached to an aromatic ring is 1. The molecule has 4 N–H and O–H groups in total. The fraction of sp³-hybridized carbons (Fsp3) is 0.312. The number of rotatable bonds is 5. The Hall–Kier alpha value is -2.11. The first kappa shape index (κ1) is 15.3. The minimum Gasteiger partial charge on any atom is -0.466 e. The number of hydrogen-bond donors (Lipinski definition) is 3. The molecule has 2 aromatic carbocycles. The summed E-state index contributed by atoms with van der Waals surface area (Å²) < 4.78 is 4.78. The van der Waals surface area contributed by atoms with Crippen LogP contribution in [0.3, 0.4) is 0 Å². The van der Waals surface area contributed by atoms with Crippen molar-refractivity contribution in [3.05, 3.63) is 42.0 Å². The number of hydrogen-bond acceptors (Lipinski definition) is 5. The molecule has 0 aliphatic rings. The summed E-state index contributed by atoms with van der Waals surface area (Å²) in [4.78, 5) is 11.4. The lowest BCUT2D eigenvalue weighted by Gasteiger charge is -2.19. The number of aliphatic hydroxyl groups excluding tert-OH is 2. The molecule has 0 saturated carbocycles. The zero-order valence-corrected chi connectivity index (χ0v) is 11.8. The molecule has 0 aliphatic carbocycles. The van der Waals surface area contributed by atoms with Crippen molar-refractivity contribution in [1.29, 1.82) is 0 Å². The van der Waals surface area contributed by atoms with E-state index >= 15 is 0 Å². The fourth-order valence-corrected chi connectivity index (χ4v) is 2.33. The quantitative estimate of drug-likeness (QED) is 0.576. The summed E-state index contributed by atoms with van der Waals surface area (Å²) in [5, 5.41) is 21.9. The highest BCUT2D eigenvalue weighted by Crippen LogP contribution is 2.30. The van der Waals surface area contributed by atoms with Crippen LogP contribution < -0.4 is 5.73 Å². The molecule has 0 spiro atoms. The molecule has 5 nitrogen and oxygen atoms in total. The number of nitrogens with two attached hydrogens (primary N) is 1. The molecule has 2 atom stereocenters. The van der Waals surface area contributed by atoms with Gasteiger partial charge in [0.25, 0.3) is 0 Å². The van der Waals surface area contributed by atoms with Crippen molar-refractivity contribution in [2.45, 2.75) is 25.6 Å². The normalized spacial score (nSPS) is 13.9. The first-order valence-corrected chi connectivity index (χ1v) is 6.83. The van der Waals surface area contributed by atoms with E-state index in [4.69, 9.17) is 10.5 Å². The summed E-state index contributed by atoms with van der Waals surface area (Å²) in [7, 11) is 0. The Balaban J connectivity index is 2.29. The van der Waals surface area contributed by atoms with E-state index in [1.165, 1.54) is 0 Å². The van der Waals surface area contributed by atoms with Crippen LogP contribution in [-0.2, 0) is 9.53 Å². The van der Waals surface area contributed by atoms with Gasteiger partial charge in [0.15, 0.2) is 0 Å². The summed E-state index contributed by atoms with van der Waals surface area (Å²) in [6.45, 7) is 1.93. The lowest BCUT2D eigenvalue weighted by molar-refractivity contribution is -0.147. The number of carbonyl (C=O) groups is 1. The van der Waals surface area contributed by atoms with Gasteiger partial charge >= 0.3 is 5.97 Å². The zero-order valence-electron chi connectivity index (χ0n) is 11.8. The van der Waals surface area contributed by atoms with E-state index in [-0.39, 0.29) is 13.0 Å². The zero-order chi connectivity index (χ0) is 15.4. The topological polar surface area (TPSA) is 92.8 Å². The van der Waals surface area contributed by atoms with E-state index in [1.54, 1.807) is 31.2 Å². The molecular weight excluding hydrogens is 270 g/mol. The molecule has 5 heteroatoms. The van der Waals surface area contributed by atoms with Crippen LogP contribution in [0.1, 0.15) is 25.0 Å². The second-order valence-corrected chi connectivity index (χ2v) is 4.81. The summed E-state index contributed by atoms with van der Waals surface area (Å²) >= 11 is 0. The molecule has 112 valence electrons. The summed E-state index contributed by atoms with van der Waals surface area (Å²) in [5.74, 6) is -0.538. The maximum atomic E-state index is 11.4.